The molecule has 27 heavy (non-hydrogen) atoms. The van der Waals surface area contributed by atoms with Crippen molar-refractivity contribution in [2.75, 3.05) is 19.1 Å². The smallest absolute Gasteiger partial charge is 0.411 e. The Morgan fingerprint density at radius 1 is 1.48 bits per heavy atom. The second-order valence-electron chi connectivity index (χ2n) is 5.30. The van der Waals surface area contributed by atoms with Gasteiger partial charge in [-0.2, -0.15) is 0 Å². The maximum absolute atomic E-state index is 12.6. The normalized spacial score (nSPS) is 26.4. The Labute approximate surface area is 169 Å². The molecular weight excluding hydrogens is 406 g/mol. The molecule has 142 valence electrons. The topological polar surface area (TPSA) is 95.9 Å². The van der Waals surface area contributed by atoms with Crippen molar-refractivity contribution in [2.45, 2.75) is 18.1 Å². The molecule has 0 aromatic rings. The zero-order chi connectivity index (χ0) is 19.9. The van der Waals surface area contributed by atoms with Crippen LogP contribution in [0.5, 0.6) is 0 Å². The minimum absolute atomic E-state index is 0.0333. The lowest BCUT2D eigenvalue weighted by atomic mass is 9.75. The second kappa shape index (κ2) is 9.98. The molecule has 0 aromatic heterocycles. The summed E-state index contributed by atoms with van der Waals surface area (Å²) < 4.78 is 4.56. The summed E-state index contributed by atoms with van der Waals surface area (Å²) in [6, 6.07) is 0. The highest BCUT2D eigenvalue weighted by Crippen LogP contribution is 2.39. The van der Waals surface area contributed by atoms with E-state index in [-0.39, 0.29) is 23.3 Å². The highest BCUT2D eigenvalue weighted by molar-refractivity contribution is 9.09. The average Bonchev–Trinajstić information content (AvgIpc) is 2.63. The fourth-order valence-corrected chi connectivity index (χ4v) is 4.94. The summed E-state index contributed by atoms with van der Waals surface area (Å²) in [5, 5.41) is 24.0. The lowest BCUT2D eigenvalue weighted by Gasteiger charge is -2.34. The molecule has 0 aliphatic heterocycles. The van der Waals surface area contributed by atoms with Crippen molar-refractivity contribution in [3.8, 4) is 23.7 Å². The van der Waals surface area contributed by atoms with Gasteiger partial charge in [0, 0.05) is 16.9 Å². The number of carbonyl (C=O) groups excluding carboxylic acids is 2. The number of ketones is 1. The Morgan fingerprint density at radius 3 is 2.93 bits per heavy atom. The molecule has 2 bridgehead atoms. The number of aliphatic hydroxyl groups excluding tert-OH is 1. The Balaban J connectivity index is 2.65. The number of aliphatic hydroxyl groups is 2. The zero-order valence-electron chi connectivity index (χ0n) is 14.6. The van der Waals surface area contributed by atoms with Crippen LogP contribution in [0.2, 0.25) is 0 Å². The Hall–Kier alpha value is -1.75. The van der Waals surface area contributed by atoms with Crippen LogP contribution in [0, 0.1) is 23.7 Å². The summed E-state index contributed by atoms with van der Waals surface area (Å²) in [5.41, 5.74) is -1.64. The molecular formula is C18H17NO5S3. The molecule has 2 aliphatic rings. The molecule has 0 heterocycles. The predicted molar refractivity (Wildman–Crippen MR) is 109 cm³/mol. The summed E-state index contributed by atoms with van der Waals surface area (Å²) in [4.78, 5) is 24.3. The summed E-state index contributed by atoms with van der Waals surface area (Å²) in [7, 11) is 5.81. The van der Waals surface area contributed by atoms with Crippen LogP contribution in [0.25, 0.3) is 0 Å². The first-order valence-electron chi connectivity index (χ1n) is 7.67. The molecule has 1 amide bonds. The van der Waals surface area contributed by atoms with Gasteiger partial charge in [0.15, 0.2) is 11.4 Å². The number of amides is 1. The monoisotopic (exact) mass is 423 g/mol. The maximum Gasteiger partial charge on any atom is 0.411 e. The van der Waals surface area contributed by atoms with Crippen molar-refractivity contribution in [1.29, 1.82) is 0 Å². The first kappa shape index (κ1) is 21.5. The molecule has 9 heteroatoms. The molecule has 2 aliphatic carbocycles. The summed E-state index contributed by atoms with van der Waals surface area (Å²) >= 11 is 0. The van der Waals surface area contributed by atoms with Gasteiger partial charge in [-0.15, -0.1) is 0 Å². The number of methoxy groups -OCH3 is 1. The van der Waals surface area contributed by atoms with E-state index < -0.39 is 23.6 Å². The first-order chi connectivity index (χ1) is 12.9. The lowest BCUT2D eigenvalue weighted by molar-refractivity contribution is -0.119. The SMILES string of the molecule is COC(=O)NC1=C2/C(=C\CSSSC)[C@](O)(C#C/C=C\C#C[C@@H]2O)CC1=O. The highest BCUT2D eigenvalue weighted by atomic mass is 33.5. The molecule has 2 atom stereocenters. The molecule has 6 nitrogen and oxygen atoms in total. The minimum atomic E-state index is -1.79. The number of ether oxygens (including phenoxy) is 1. The van der Waals surface area contributed by atoms with E-state index >= 15 is 0 Å². The van der Waals surface area contributed by atoms with Crippen LogP contribution in [-0.4, -0.2) is 52.9 Å². The number of allylic oxidation sites excluding steroid dienone is 3. The van der Waals surface area contributed by atoms with Gasteiger partial charge >= 0.3 is 6.09 Å². The lowest BCUT2D eigenvalue weighted by Crippen LogP contribution is -2.45. The Morgan fingerprint density at radius 2 is 2.22 bits per heavy atom. The van der Waals surface area contributed by atoms with Gasteiger partial charge in [-0.05, 0) is 28.2 Å². The molecule has 0 aromatic carbocycles. The Bertz CT molecular complexity index is 841. The number of rotatable bonds is 5. The third kappa shape index (κ3) is 5.38. The fourth-order valence-electron chi connectivity index (χ4n) is 2.52. The van der Waals surface area contributed by atoms with E-state index in [0.717, 1.165) is 7.11 Å². The fraction of sp³-hybridized carbons (Fsp3) is 0.333. The van der Waals surface area contributed by atoms with Crippen LogP contribution in [-0.2, 0) is 9.53 Å². The van der Waals surface area contributed by atoms with Crippen LogP contribution in [0.1, 0.15) is 6.42 Å². The van der Waals surface area contributed by atoms with Crippen molar-refractivity contribution in [1.82, 2.24) is 5.32 Å². The largest absolute Gasteiger partial charge is 0.453 e. The number of alkyl carbamates (subject to hydrolysis) is 1. The number of Topliss-reactive ketones (excluding diaryl/α,β-unsaturated/α-hetero) is 1. The molecule has 0 spiro atoms. The zero-order valence-corrected chi connectivity index (χ0v) is 17.0. The van der Waals surface area contributed by atoms with E-state index in [9.17, 15) is 19.8 Å². The van der Waals surface area contributed by atoms with Gasteiger partial charge in [-0.3, -0.25) is 10.1 Å². The quantitative estimate of drug-likeness (QED) is 0.350. The standard InChI is InChI=1S/C18H17NO5S3/c1-24-17(22)19-16-14(21)11-18(23)9-6-4-3-5-7-13(20)15(16)12(18)8-10-26-27-25-2/h3-4,8,13,20,23H,10-11H2,1-2H3,(H,19,22)/b4-3-,12-8+/t13-,18-/m0/s1. The van der Waals surface area contributed by atoms with Crippen molar-refractivity contribution in [2.24, 2.45) is 0 Å². The van der Waals surface area contributed by atoms with Gasteiger partial charge in [-0.1, -0.05) is 51.3 Å². The van der Waals surface area contributed by atoms with Crippen molar-refractivity contribution < 1.29 is 24.5 Å². The van der Waals surface area contributed by atoms with E-state index in [2.05, 4.69) is 33.7 Å². The summed E-state index contributed by atoms with van der Waals surface area (Å²) in [5.74, 6) is 10.5. The molecule has 0 saturated carbocycles. The van der Waals surface area contributed by atoms with Crippen LogP contribution >= 0.6 is 31.4 Å². The molecule has 0 unspecified atom stereocenters. The Kier molecular flexibility index (Phi) is 7.96. The average molecular weight is 424 g/mol. The molecule has 2 rings (SSSR count). The van der Waals surface area contributed by atoms with Crippen LogP contribution in [0.3, 0.4) is 0 Å². The number of carbonyl (C=O) groups is 2. The van der Waals surface area contributed by atoms with Crippen LogP contribution < -0.4 is 5.32 Å². The van der Waals surface area contributed by atoms with Gasteiger partial charge in [0.2, 0.25) is 0 Å². The molecule has 0 saturated heterocycles. The van der Waals surface area contributed by atoms with Gasteiger partial charge < -0.3 is 14.9 Å². The number of hydrogen-bond donors (Lipinski definition) is 3. The van der Waals surface area contributed by atoms with Gasteiger partial charge in [0.05, 0.1) is 19.2 Å². The molecule has 0 fully saturated rings. The van der Waals surface area contributed by atoms with Crippen LogP contribution in [0.4, 0.5) is 4.79 Å². The van der Waals surface area contributed by atoms with E-state index in [0.29, 0.717) is 5.75 Å². The third-order valence-electron chi connectivity index (χ3n) is 3.61. The second-order valence-corrected chi connectivity index (χ2v) is 9.67. The van der Waals surface area contributed by atoms with E-state index in [1.165, 1.54) is 22.9 Å². The van der Waals surface area contributed by atoms with E-state index in [4.69, 9.17) is 0 Å². The predicted octanol–water partition coefficient (Wildman–Crippen LogP) is 1.82. The van der Waals surface area contributed by atoms with Crippen LogP contribution in [0.15, 0.2) is 35.1 Å². The van der Waals surface area contributed by atoms with Gasteiger partial charge in [0.25, 0.3) is 0 Å². The van der Waals surface area contributed by atoms with Crippen molar-refractivity contribution in [3.05, 3.63) is 35.1 Å². The maximum atomic E-state index is 12.6. The molecule has 3 N–H and O–H groups in total. The number of nitrogens with one attached hydrogen (secondary N) is 1. The minimum Gasteiger partial charge on any atom is -0.453 e. The summed E-state index contributed by atoms with van der Waals surface area (Å²) in [6.07, 6.45) is 3.89. The first-order valence-corrected chi connectivity index (χ1v) is 11.7. The van der Waals surface area contributed by atoms with Gasteiger partial charge in [0.1, 0.15) is 6.10 Å². The number of hydrogen-bond acceptors (Lipinski definition) is 8. The van der Waals surface area contributed by atoms with E-state index in [1.54, 1.807) is 26.7 Å². The van der Waals surface area contributed by atoms with Crippen molar-refractivity contribution >= 4 is 43.3 Å². The van der Waals surface area contributed by atoms with Crippen molar-refractivity contribution in [3.63, 3.8) is 0 Å². The molecule has 0 radical (unpaired) electrons. The van der Waals surface area contributed by atoms with E-state index in [1.807, 2.05) is 6.26 Å². The summed E-state index contributed by atoms with van der Waals surface area (Å²) in [6.45, 7) is 0. The number of fused-ring (bicyclic) bond motifs is 2. The third-order valence-corrected chi connectivity index (χ3v) is 7.34. The van der Waals surface area contributed by atoms with Gasteiger partial charge in [-0.25, -0.2) is 4.79 Å². The highest BCUT2D eigenvalue weighted by Gasteiger charge is 2.44.